The average molecular weight is 533 g/mol. The molecule has 7 rings (SSSR count). The van der Waals surface area contributed by atoms with Gasteiger partial charge in [-0.05, 0) is 106 Å². The second-order valence-electron chi connectivity index (χ2n) is 11.1. The number of carbonyl (C=O) groups excluding carboxylic acids is 1. The molecule has 0 radical (unpaired) electrons. The van der Waals surface area contributed by atoms with E-state index in [0.717, 1.165) is 31.7 Å². The molecule has 3 aromatic heterocycles. The van der Waals surface area contributed by atoms with E-state index in [1.54, 1.807) is 29.9 Å². The summed E-state index contributed by atoms with van der Waals surface area (Å²) in [5, 5.41) is 10.0. The van der Waals surface area contributed by atoms with E-state index in [0.29, 0.717) is 11.8 Å². The summed E-state index contributed by atoms with van der Waals surface area (Å²) in [6.07, 6.45) is 15.3. The Bertz CT molecular complexity index is 1280. The molecular weight excluding hydrogens is 488 g/mol. The summed E-state index contributed by atoms with van der Waals surface area (Å²) >= 11 is 0. The van der Waals surface area contributed by atoms with Crippen LogP contribution in [0.2, 0.25) is 0 Å². The zero-order valence-corrected chi connectivity index (χ0v) is 23.8. The van der Waals surface area contributed by atoms with Crippen molar-refractivity contribution in [2.24, 2.45) is 33.0 Å². The lowest BCUT2D eigenvalue weighted by Gasteiger charge is -2.25. The van der Waals surface area contributed by atoms with Gasteiger partial charge in [-0.15, -0.1) is 0 Å². The number of hydrogen-bond donors (Lipinski definition) is 1. The molecule has 2 saturated carbocycles. The maximum Gasteiger partial charge on any atom is 0.323 e. The molecule has 1 saturated heterocycles. The first-order valence-electron chi connectivity index (χ1n) is 14.1. The van der Waals surface area contributed by atoms with Gasteiger partial charge in [0, 0.05) is 51.4 Å². The van der Waals surface area contributed by atoms with Gasteiger partial charge in [0.2, 0.25) is 0 Å². The molecule has 7 nitrogen and oxygen atoms in total. The van der Waals surface area contributed by atoms with E-state index < -0.39 is 0 Å². The number of nitrogens with zero attached hydrogens (tertiary/aromatic N) is 4. The summed E-state index contributed by atoms with van der Waals surface area (Å²) in [6, 6.07) is 17.9. The molecule has 2 bridgehead atoms. The second kappa shape index (κ2) is 13.6. The summed E-state index contributed by atoms with van der Waals surface area (Å²) in [4.78, 5) is 14.2. The predicted molar refractivity (Wildman–Crippen MR) is 156 cm³/mol. The molecule has 3 fully saturated rings. The molecule has 4 heterocycles. The lowest BCUT2D eigenvalue weighted by atomic mass is 9.98. The minimum Gasteiger partial charge on any atom is -0.494 e. The van der Waals surface area contributed by atoms with Crippen LogP contribution in [0.5, 0.6) is 5.88 Å². The molecule has 4 aromatic rings. The van der Waals surface area contributed by atoms with E-state index in [9.17, 15) is 4.79 Å². The van der Waals surface area contributed by atoms with Gasteiger partial charge in [-0.2, -0.15) is 0 Å². The lowest BCUT2D eigenvalue weighted by Crippen LogP contribution is -2.37. The van der Waals surface area contributed by atoms with Crippen molar-refractivity contribution in [1.29, 1.82) is 0 Å². The quantitative estimate of drug-likeness (QED) is 0.334. The van der Waals surface area contributed by atoms with Gasteiger partial charge in [0.25, 0.3) is 0 Å². The number of benzene rings is 1. The Morgan fingerprint density at radius 1 is 0.821 bits per heavy atom. The van der Waals surface area contributed by atoms with Gasteiger partial charge in [0.1, 0.15) is 12.1 Å². The fourth-order valence-electron chi connectivity index (χ4n) is 5.86. The molecule has 1 N–H and O–H groups in total. The third-order valence-electron chi connectivity index (χ3n) is 8.20. The molecule has 210 valence electrons. The highest BCUT2D eigenvalue weighted by atomic mass is 16.5. The average Bonchev–Trinajstić information content (AvgIpc) is 3.77. The van der Waals surface area contributed by atoms with Crippen molar-refractivity contribution < 1.29 is 14.6 Å². The zero-order chi connectivity index (χ0) is 27.8. The number of ether oxygens (including phenoxy) is 1. The predicted octanol–water partition coefficient (Wildman–Crippen LogP) is 5.75. The van der Waals surface area contributed by atoms with Crippen molar-refractivity contribution in [1.82, 2.24) is 18.6 Å². The number of hydrogen-bond acceptors (Lipinski definition) is 4. The van der Waals surface area contributed by atoms with Gasteiger partial charge in [-0.3, -0.25) is 9.69 Å². The normalized spacial score (nSPS) is 23.3. The number of likely N-dealkylation sites (tertiary alicyclic amines) is 1. The smallest absolute Gasteiger partial charge is 0.323 e. The Hall–Kier alpha value is -3.45. The van der Waals surface area contributed by atoms with Crippen molar-refractivity contribution in [3.8, 4) is 5.88 Å². The Balaban J connectivity index is 0.000000131. The Morgan fingerprint density at radius 3 is 2.08 bits per heavy atom. The summed E-state index contributed by atoms with van der Waals surface area (Å²) in [7, 11) is 7.87. The summed E-state index contributed by atoms with van der Waals surface area (Å²) < 4.78 is 11.5. The number of esters is 1. The van der Waals surface area contributed by atoms with E-state index in [4.69, 9.17) is 9.84 Å². The fourth-order valence-corrected chi connectivity index (χ4v) is 5.86. The van der Waals surface area contributed by atoms with Crippen LogP contribution in [0, 0.1) is 11.8 Å². The highest BCUT2D eigenvalue weighted by Gasteiger charge is 2.43. The number of rotatable bonds is 2. The molecule has 2 aliphatic carbocycles. The van der Waals surface area contributed by atoms with Gasteiger partial charge in [0.05, 0.1) is 0 Å². The third kappa shape index (κ3) is 7.79. The van der Waals surface area contributed by atoms with Crippen LogP contribution in [0.25, 0.3) is 10.9 Å². The molecule has 1 aliphatic heterocycles. The van der Waals surface area contributed by atoms with E-state index >= 15 is 0 Å². The molecule has 4 unspecified atom stereocenters. The van der Waals surface area contributed by atoms with Crippen LogP contribution in [0.3, 0.4) is 0 Å². The number of likely N-dealkylation sites (N-methyl/N-ethyl adjacent to an activating group) is 1. The van der Waals surface area contributed by atoms with Gasteiger partial charge >= 0.3 is 5.97 Å². The SMILES string of the molecule is CN1CCCC1C(=O)OC1CC2CCC1C2.Cn1ccc2ccccc21.Cn1cccc1.Cn1cccc1O. The molecule has 39 heavy (non-hydrogen) atoms. The number of aromatic nitrogens is 3. The van der Waals surface area contributed by atoms with Gasteiger partial charge in [0.15, 0.2) is 5.88 Å². The van der Waals surface area contributed by atoms with Crippen molar-refractivity contribution in [2.75, 3.05) is 13.6 Å². The number of aromatic hydroxyl groups is 1. The van der Waals surface area contributed by atoms with Crippen molar-refractivity contribution in [3.63, 3.8) is 0 Å². The van der Waals surface area contributed by atoms with Crippen LogP contribution in [-0.2, 0) is 30.7 Å². The number of fused-ring (bicyclic) bond motifs is 3. The van der Waals surface area contributed by atoms with Crippen LogP contribution in [0.4, 0.5) is 0 Å². The standard InChI is InChI=1S/C13H21NO2.C9H9N.C5H7NO.C5H7N/c1-14-6-2-3-11(14)13(15)16-12-8-9-4-5-10(12)7-9;1-10-7-6-8-4-2-3-5-9(8)10;1-6-4-2-3-5(6)7;1-6-4-2-3-5-6/h9-12H,2-8H2,1H3;2-7H,1H3;2-4,7H,1H3;2-5H,1H3. The second-order valence-corrected chi connectivity index (χ2v) is 11.1. The zero-order valence-electron chi connectivity index (χ0n) is 23.8. The van der Waals surface area contributed by atoms with Crippen LogP contribution in [-0.4, -0.2) is 55.4 Å². The van der Waals surface area contributed by atoms with Crippen LogP contribution in [0.15, 0.2) is 79.4 Å². The first-order valence-corrected chi connectivity index (χ1v) is 14.1. The topological polar surface area (TPSA) is 64.6 Å². The Morgan fingerprint density at radius 2 is 1.59 bits per heavy atom. The first kappa shape index (κ1) is 28.6. The summed E-state index contributed by atoms with van der Waals surface area (Å²) in [5.41, 5.74) is 1.29. The molecule has 4 atom stereocenters. The van der Waals surface area contributed by atoms with E-state index in [-0.39, 0.29) is 18.1 Å². The van der Waals surface area contributed by atoms with E-state index in [1.807, 2.05) is 43.2 Å². The molecule has 0 amide bonds. The number of carbonyl (C=O) groups is 1. The number of aryl methyl sites for hydroxylation is 3. The van der Waals surface area contributed by atoms with Gasteiger partial charge in [-0.25, -0.2) is 0 Å². The van der Waals surface area contributed by atoms with E-state index in [1.165, 1.54) is 30.2 Å². The highest BCUT2D eigenvalue weighted by Crippen LogP contribution is 2.46. The molecule has 7 heteroatoms. The van der Waals surface area contributed by atoms with Crippen LogP contribution < -0.4 is 0 Å². The van der Waals surface area contributed by atoms with Crippen molar-refractivity contribution in [3.05, 3.63) is 79.4 Å². The minimum atomic E-state index is 0.0394. The van der Waals surface area contributed by atoms with Crippen molar-refractivity contribution >= 4 is 16.9 Å². The highest BCUT2D eigenvalue weighted by molar-refractivity contribution is 5.79. The summed E-state index contributed by atoms with van der Waals surface area (Å²) in [6.45, 7) is 1.04. The largest absolute Gasteiger partial charge is 0.494 e. The van der Waals surface area contributed by atoms with E-state index in [2.05, 4.69) is 53.0 Å². The minimum absolute atomic E-state index is 0.0394. The summed E-state index contributed by atoms with van der Waals surface area (Å²) in [5.74, 6) is 1.88. The van der Waals surface area contributed by atoms with Gasteiger partial charge in [-0.1, -0.05) is 18.2 Å². The molecule has 3 aliphatic rings. The molecule has 0 spiro atoms. The molecule has 1 aromatic carbocycles. The van der Waals surface area contributed by atoms with Crippen molar-refractivity contribution in [2.45, 2.75) is 50.7 Å². The first-order chi connectivity index (χ1) is 18.8. The number of para-hydroxylation sites is 1. The van der Waals surface area contributed by atoms with Crippen LogP contribution >= 0.6 is 0 Å². The Kier molecular flexibility index (Phi) is 9.93. The maximum absolute atomic E-state index is 12.0. The van der Waals surface area contributed by atoms with Crippen LogP contribution in [0.1, 0.15) is 38.5 Å². The maximum atomic E-state index is 12.0. The Labute approximate surface area is 232 Å². The fraction of sp³-hybridized carbons (Fsp3) is 0.469. The lowest BCUT2D eigenvalue weighted by molar-refractivity contribution is -0.156. The monoisotopic (exact) mass is 532 g/mol. The molecular formula is C32H44N4O3. The van der Waals surface area contributed by atoms with Gasteiger partial charge < -0.3 is 23.5 Å². The third-order valence-corrected chi connectivity index (χ3v) is 8.20.